The first-order chi connectivity index (χ1) is 6.74. The molecule has 3 nitrogen and oxygen atoms in total. The summed E-state index contributed by atoms with van der Waals surface area (Å²) >= 11 is 5.43. The summed E-state index contributed by atoms with van der Waals surface area (Å²) < 4.78 is 0. The van der Waals surface area contributed by atoms with Gasteiger partial charge in [-0.05, 0) is 12.0 Å². The van der Waals surface area contributed by atoms with Crippen molar-refractivity contribution in [1.29, 1.82) is 0 Å². The van der Waals surface area contributed by atoms with Crippen molar-refractivity contribution in [3.8, 4) is 0 Å². The fourth-order valence-corrected chi connectivity index (χ4v) is 1.38. The van der Waals surface area contributed by atoms with E-state index in [1.165, 1.54) is 0 Å². The minimum absolute atomic E-state index is 0.143. The van der Waals surface area contributed by atoms with Gasteiger partial charge in [0.25, 0.3) is 0 Å². The lowest BCUT2D eigenvalue weighted by Crippen LogP contribution is -2.37. The van der Waals surface area contributed by atoms with E-state index in [2.05, 4.69) is 5.32 Å². The summed E-state index contributed by atoms with van der Waals surface area (Å²) in [5.41, 5.74) is 0.984. The van der Waals surface area contributed by atoms with Crippen molar-refractivity contribution in [3.05, 3.63) is 35.9 Å². The van der Waals surface area contributed by atoms with Gasteiger partial charge in [-0.15, -0.1) is 11.6 Å². The maximum absolute atomic E-state index is 10.8. The minimum Gasteiger partial charge on any atom is -0.480 e. The highest BCUT2D eigenvalue weighted by Crippen LogP contribution is 2.03. The Morgan fingerprint density at radius 2 is 2.07 bits per heavy atom. The average molecular weight is 214 g/mol. The van der Waals surface area contributed by atoms with Gasteiger partial charge >= 0.3 is 5.97 Å². The number of hydrogen-bond donors (Lipinski definition) is 2. The van der Waals surface area contributed by atoms with Crippen molar-refractivity contribution in [2.24, 2.45) is 0 Å². The minimum atomic E-state index is -0.880. The number of halogens is 1. The Labute approximate surface area is 87.7 Å². The van der Waals surface area contributed by atoms with Crippen LogP contribution in [0.4, 0.5) is 0 Å². The molecule has 0 aromatic heterocycles. The lowest BCUT2D eigenvalue weighted by molar-refractivity contribution is -0.139. The van der Waals surface area contributed by atoms with Crippen LogP contribution >= 0.6 is 11.6 Å². The average Bonchev–Trinajstić information content (AvgIpc) is 2.18. The molecule has 0 amide bonds. The highest BCUT2D eigenvalue weighted by molar-refractivity contribution is 6.17. The lowest BCUT2D eigenvalue weighted by atomic mass is 10.1. The molecular formula is C10H12ClNO2. The Bertz CT molecular complexity index is 289. The third-order valence-electron chi connectivity index (χ3n) is 1.90. The number of rotatable bonds is 5. The fraction of sp³-hybridized carbons (Fsp3) is 0.300. The van der Waals surface area contributed by atoms with Crippen molar-refractivity contribution in [2.75, 3.05) is 6.00 Å². The van der Waals surface area contributed by atoms with E-state index in [1.807, 2.05) is 30.3 Å². The van der Waals surface area contributed by atoms with Crippen LogP contribution in [0, 0.1) is 0 Å². The van der Waals surface area contributed by atoms with Crippen LogP contribution in [-0.4, -0.2) is 23.1 Å². The van der Waals surface area contributed by atoms with E-state index in [0.717, 1.165) is 5.56 Å². The SMILES string of the molecule is O=C(O)[C@H](Cc1ccccc1)NCCl. The molecule has 0 aliphatic rings. The van der Waals surface area contributed by atoms with E-state index in [9.17, 15) is 4.79 Å². The van der Waals surface area contributed by atoms with Crippen molar-refractivity contribution < 1.29 is 9.90 Å². The Hall–Kier alpha value is -1.06. The van der Waals surface area contributed by atoms with E-state index in [4.69, 9.17) is 16.7 Å². The first kappa shape index (κ1) is 11.0. The topological polar surface area (TPSA) is 49.3 Å². The third-order valence-corrected chi connectivity index (χ3v) is 2.06. The van der Waals surface area contributed by atoms with Crippen LogP contribution in [0.2, 0.25) is 0 Å². The molecule has 0 radical (unpaired) electrons. The summed E-state index contributed by atoms with van der Waals surface area (Å²) in [5.74, 6) is -0.880. The maximum atomic E-state index is 10.8. The molecule has 4 heteroatoms. The molecule has 0 aliphatic heterocycles. The molecule has 76 valence electrons. The summed E-state index contributed by atoms with van der Waals surface area (Å²) in [7, 11) is 0. The van der Waals surface area contributed by atoms with Crippen molar-refractivity contribution in [3.63, 3.8) is 0 Å². The van der Waals surface area contributed by atoms with E-state index >= 15 is 0 Å². The molecule has 0 aliphatic carbocycles. The molecule has 0 fully saturated rings. The number of carboxylic acid groups (broad SMARTS) is 1. The Morgan fingerprint density at radius 1 is 1.43 bits per heavy atom. The zero-order valence-corrected chi connectivity index (χ0v) is 8.37. The molecule has 0 heterocycles. The van der Waals surface area contributed by atoms with Gasteiger partial charge in [0.05, 0.1) is 6.00 Å². The van der Waals surface area contributed by atoms with Crippen LogP contribution in [0.3, 0.4) is 0 Å². The van der Waals surface area contributed by atoms with E-state index in [-0.39, 0.29) is 6.00 Å². The van der Waals surface area contributed by atoms with E-state index in [1.54, 1.807) is 0 Å². The largest absolute Gasteiger partial charge is 0.480 e. The Kier molecular flexibility index (Phi) is 4.43. The van der Waals surface area contributed by atoms with Crippen LogP contribution in [0.25, 0.3) is 0 Å². The van der Waals surface area contributed by atoms with Gasteiger partial charge < -0.3 is 5.11 Å². The highest BCUT2D eigenvalue weighted by Gasteiger charge is 2.15. The number of aliphatic carboxylic acids is 1. The molecular weight excluding hydrogens is 202 g/mol. The van der Waals surface area contributed by atoms with Crippen molar-refractivity contribution >= 4 is 17.6 Å². The van der Waals surface area contributed by atoms with Crippen LogP contribution in [0.15, 0.2) is 30.3 Å². The fourth-order valence-electron chi connectivity index (χ4n) is 1.19. The maximum Gasteiger partial charge on any atom is 0.321 e. The van der Waals surface area contributed by atoms with Gasteiger partial charge in [0.2, 0.25) is 0 Å². The van der Waals surface area contributed by atoms with Crippen molar-refractivity contribution in [1.82, 2.24) is 5.32 Å². The monoisotopic (exact) mass is 213 g/mol. The third kappa shape index (κ3) is 3.36. The van der Waals surface area contributed by atoms with Gasteiger partial charge in [-0.2, -0.15) is 0 Å². The summed E-state index contributed by atoms with van der Waals surface area (Å²) in [6.07, 6.45) is 0.447. The molecule has 2 N–H and O–H groups in total. The highest BCUT2D eigenvalue weighted by atomic mass is 35.5. The second kappa shape index (κ2) is 5.62. The molecule has 1 rings (SSSR count). The Balaban J connectivity index is 2.60. The summed E-state index contributed by atoms with van der Waals surface area (Å²) in [6, 6.07) is 8.98. The number of carbonyl (C=O) groups is 1. The molecule has 0 bridgehead atoms. The number of nitrogens with one attached hydrogen (secondary N) is 1. The zero-order chi connectivity index (χ0) is 10.4. The van der Waals surface area contributed by atoms with Crippen molar-refractivity contribution in [2.45, 2.75) is 12.5 Å². The molecule has 0 saturated carbocycles. The first-order valence-corrected chi connectivity index (χ1v) is 4.83. The Morgan fingerprint density at radius 3 is 2.57 bits per heavy atom. The molecule has 1 aromatic carbocycles. The lowest BCUT2D eigenvalue weighted by Gasteiger charge is -2.11. The predicted molar refractivity (Wildman–Crippen MR) is 55.4 cm³/mol. The summed E-state index contributed by atoms with van der Waals surface area (Å²) in [4.78, 5) is 10.8. The van der Waals surface area contributed by atoms with Gasteiger partial charge in [-0.25, -0.2) is 0 Å². The van der Waals surface area contributed by atoms with Crippen LogP contribution in [-0.2, 0) is 11.2 Å². The second-order valence-corrected chi connectivity index (χ2v) is 3.19. The number of alkyl halides is 1. The quantitative estimate of drug-likeness (QED) is 0.575. The molecule has 14 heavy (non-hydrogen) atoms. The van der Waals surface area contributed by atoms with E-state index in [0.29, 0.717) is 6.42 Å². The van der Waals surface area contributed by atoms with Gasteiger partial charge in [0.15, 0.2) is 0 Å². The van der Waals surface area contributed by atoms with Gasteiger partial charge in [-0.1, -0.05) is 30.3 Å². The molecule has 0 spiro atoms. The van der Waals surface area contributed by atoms with E-state index < -0.39 is 12.0 Å². The summed E-state index contributed by atoms with van der Waals surface area (Å²) in [6.45, 7) is 0. The number of hydrogen-bond acceptors (Lipinski definition) is 2. The predicted octanol–water partition coefficient (Wildman–Crippen LogP) is 1.47. The number of carboxylic acids is 1. The summed E-state index contributed by atoms with van der Waals surface area (Å²) in [5, 5.41) is 11.5. The molecule has 1 aromatic rings. The first-order valence-electron chi connectivity index (χ1n) is 4.30. The molecule has 0 saturated heterocycles. The van der Waals surface area contributed by atoms with Crippen LogP contribution in [0.1, 0.15) is 5.56 Å². The number of benzene rings is 1. The van der Waals surface area contributed by atoms with Gasteiger partial charge in [-0.3, -0.25) is 10.1 Å². The molecule has 1 atom stereocenters. The van der Waals surface area contributed by atoms with Gasteiger partial charge in [0, 0.05) is 0 Å². The van der Waals surface area contributed by atoms with Gasteiger partial charge in [0.1, 0.15) is 6.04 Å². The normalized spacial score (nSPS) is 12.4. The smallest absolute Gasteiger partial charge is 0.321 e. The van der Waals surface area contributed by atoms with Crippen LogP contribution in [0.5, 0.6) is 0 Å². The zero-order valence-electron chi connectivity index (χ0n) is 7.61. The standard InChI is InChI=1S/C10H12ClNO2/c11-7-12-9(10(13)14)6-8-4-2-1-3-5-8/h1-5,9,12H,6-7H2,(H,13,14)/t9-/m0/s1. The van der Waals surface area contributed by atoms with Crippen LogP contribution < -0.4 is 5.32 Å². The molecule has 0 unspecified atom stereocenters. The second-order valence-electron chi connectivity index (χ2n) is 2.92.